The molecule has 0 saturated heterocycles. The van der Waals surface area contributed by atoms with Gasteiger partial charge in [0.05, 0.1) is 11.4 Å². The number of aromatic nitrogens is 4. The molecular formula is C8H8N4S. The Morgan fingerprint density at radius 1 is 1.31 bits per heavy atom. The summed E-state index contributed by atoms with van der Waals surface area (Å²) in [7, 11) is 0. The van der Waals surface area contributed by atoms with E-state index in [0.29, 0.717) is 4.77 Å². The van der Waals surface area contributed by atoms with Crippen molar-refractivity contribution < 1.29 is 0 Å². The van der Waals surface area contributed by atoms with Gasteiger partial charge in [-0.05, 0) is 19.1 Å². The van der Waals surface area contributed by atoms with Crippen molar-refractivity contribution in [2.45, 2.75) is 6.92 Å². The maximum absolute atomic E-state index is 4.92. The highest BCUT2D eigenvalue weighted by Crippen LogP contribution is 2.14. The number of nitrogens with one attached hydrogen (secondary N) is 2. The van der Waals surface area contributed by atoms with Crippen molar-refractivity contribution in [1.29, 1.82) is 0 Å². The van der Waals surface area contributed by atoms with Crippen LogP contribution < -0.4 is 0 Å². The Morgan fingerprint density at radius 3 is 2.69 bits per heavy atom. The zero-order valence-electron chi connectivity index (χ0n) is 7.03. The van der Waals surface area contributed by atoms with Crippen molar-refractivity contribution in [3.63, 3.8) is 0 Å². The topological polar surface area (TPSA) is 57.4 Å². The lowest BCUT2D eigenvalue weighted by Crippen LogP contribution is -1.90. The van der Waals surface area contributed by atoms with Crippen LogP contribution in [0, 0.1) is 11.7 Å². The van der Waals surface area contributed by atoms with Crippen LogP contribution in [-0.4, -0.2) is 19.9 Å². The van der Waals surface area contributed by atoms with Crippen LogP contribution in [0.2, 0.25) is 0 Å². The summed E-state index contributed by atoms with van der Waals surface area (Å²) in [4.78, 5) is 14.2. The first-order valence-electron chi connectivity index (χ1n) is 3.83. The van der Waals surface area contributed by atoms with Crippen LogP contribution >= 0.6 is 12.2 Å². The molecule has 0 atom stereocenters. The Kier molecular flexibility index (Phi) is 1.94. The minimum atomic E-state index is 0.597. The molecule has 0 unspecified atom stereocenters. The third kappa shape index (κ3) is 1.50. The number of nitrogens with zero attached hydrogens (tertiary/aromatic N) is 2. The van der Waals surface area contributed by atoms with Gasteiger partial charge >= 0.3 is 0 Å². The molecule has 0 amide bonds. The second-order valence-electron chi connectivity index (χ2n) is 2.65. The quantitative estimate of drug-likeness (QED) is 0.678. The molecule has 13 heavy (non-hydrogen) atoms. The summed E-state index contributed by atoms with van der Waals surface area (Å²) in [6.45, 7) is 1.91. The molecule has 0 bridgehead atoms. The number of imidazole rings is 1. The second-order valence-corrected chi connectivity index (χ2v) is 3.06. The van der Waals surface area contributed by atoms with Gasteiger partial charge in [0.15, 0.2) is 4.77 Å². The molecule has 0 saturated carbocycles. The highest BCUT2D eigenvalue weighted by Gasteiger charge is 2.03. The Labute approximate surface area is 80.1 Å². The third-order valence-corrected chi connectivity index (χ3v) is 1.95. The van der Waals surface area contributed by atoms with Gasteiger partial charge in [0, 0.05) is 18.6 Å². The van der Waals surface area contributed by atoms with Crippen LogP contribution in [0.3, 0.4) is 0 Å². The standard InChI is InChI=1S/C8H8N4S/c1-5-7(10-3-2-9-5)6-4-11-8(13)12-6/h2-4H,1H3,(H2,11,12,13). The fraction of sp³-hybridized carbons (Fsp3) is 0.125. The van der Waals surface area contributed by atoms with Crippen LogP contribution in [0.5, 0.6) is 0 Å². The molecule has 0 aliphatic heterocycles. The largest absolute Gasteiger partial charge is 0.337 e. The van der Waals surface area contributed by atoms with Gasteiger partial charge in [-0.3, -0.25) is 9.97 Å². The molecule has 66 valence electrons. The monoisotopic (exact) mass is 192 g/mol. The molecule has 4 nitrogen and oxygen atoms in total. The lowest BCUT2D eigenvalue weighted by molar-refractivity contribution is 1.11. The van der Waals surface area contributed by atoms with E-state index in [9.17, 15) is 0 Å². The van der Waals surface area contributed by atoms with Gasteiger partial charge < -0.3 is 9.97 Å². The predicted octanol–water partition coefficient (Wildman–Crippen LogP) is 1.84. The fourth-order valence-electron chi connectivity index (χ4n) is 1.13. The van der Waals surface area contributed by atoms with Crippen LogP contribution in [-0.2, 0) is 0 Å². The van der Waals surface area contributed by atoms with Gasteiger partial charge in [0.1, 0.15) is 5.69 Å². The smallest absolute Gasteiger partial charge is 0.174 e. The van der Waals surface area contributed by atoms with Gasteiger partial charge in [0.25, 0.3) is 0 Å². The molecule has 0 aliphatic rings. The molecule has 0 radical (unpaired) electrons. The minimum absolute atomic E-state index is 0.597. The maximum atomic E-state index is 4.92. The molecular weight excluding hydrogens is 184 g/mol. The number of hydrogen-bond donors (Lipinski definition) is 2. The van der Waals surface area contributed by atoms with E-state index < -0.39 is 0 Å². The molecule has 2 rings (SSSR count). The summed E-state index contributed by atoms with van der Waals surface area (Å²) in [5, 5.41) is 0. The highest BCUT2D eigenvalue weighted by molar-refractivity contribution is 7.71. The van der Waals surface area contributed by atoms with Gasteiger partial charge in [-0.2, -0.15) is 0 Å². The van der Waals surface area contributed by atoms with E-state index in [0.717, 1.165) is 17.1 Å². The van der Waals surface area contributed by atoms with E-state index in [1.165, 1.54) is 0 Å². The lowest BCUT2D eigenvalue weighted by Gasteiger charge is -1.98. The molecule has 2 aromatic heterocycles. The number of H-pyrrole nitrogens is 2. The summed E-state index contributed by atoms with van der Waals surface area (Å²) in [6, 6.07) is 0. The number of aromatic amines is 2. The Bertz CT molecular complexity index is 471. The summed E-state index contributed by atoms with van der Waals surface area (Å²) in [6.07, 6.45) is 5.12. The van der Waals surface area contributed by atoms with Crippen molar-refractivity contribution in [3.05, 3.63) is 29.1 Å². The van der Waals surface area contributed by atoms with Crippen LogP contribution in [0.1, 0.15) is 5.69 Å². The molecule has 5 heteroatoms. The fourth-order valence-corrected chi connectivity index (χ4v) is 1.30. The molecule has 0 fully saturated rings. The first kappa shape index (κ1) is 8.12. The van der Waals surface area contributed by atoms with E-state index in [-0.39, 0.29) is 0 Å². The number of aryl methyl sites for hydroxylation is 1. The van der Waals surface area contributed by atoms with Crippen molar-refractivity contribution >= 4 is 12.2 Å². The predicted molar refractivity (Wildman–Crippen MR) is 51.7 cm³/mol. The van der Waals surface area contributed by atoms with Crippen molar-refractivity contribution in [2.75, 3.05) is 0 Å². The van der Waals surface area contributed by atoms with E-state index in [2.05, 4.69) is 19.9 Å². The van der Waals surface area contributed by atoms with E-state index >= 15 is 0 Å². The second kappa shape index (κ2) is 3.10. The molecule has 0 aliphatic carbocycles. The molecule has 2 N–H and O–H groups in total. The van der Waals surface area contributed by atoms with E-state index in [1.54, 1.807) is 18.6 Å². The number of rotatable bonds is 1. The molecule has 0 aromatic carbocycles. The Morgan fingerprint density at radius 2 is 2.08 bits per heavy atom. The van der Waals surface area contributed by atoms with Crippen LogP contribution in [0.15, 0.2) is 18.6 Å². The van der Waals surface area contributed by atoms with Crippen molar-refractivity contribution in [2.24, 2.45) is 0 Å². The summed E-state index contributed by atoms with van der Waals surface area (Å²) in [5.74, 6) is 0. The van der Waals surface area contributed by atoms with Gasteiger partial charge in [-0.15, -0.1) is 0 Å². The molecule has 2 aromatic rings. The molecule has 0 spiro atoms. The maximum Gasteiger partial charge on any atom is 0.174 e. The minimum Gasteiger partial charge on any atom is -0.337 e. The van der Waals surface area contributed by atoms with Gasteiger partial charge in [-0.1, -0.05) is 0 Å². The average Bonchev–Trinajstić information content (AvgIpc) is 2.53. The first-order valence-corrected chi connectivity index (χ1v) is 4.24. The number of hydrogen-bond acceptors (Lipinski definition) is 3. The highest BCUT2D eigenvalue weighted by atomic mass is 32.1. The zero-order chi connectivity index (χ0) is 9.26. The SMILES string of the molecule is Cc1nccnc1-c1c[nH]c(=S)[nH]1. The average molecular weight is 192 g/mol. The summed E-state index contributed by atoms with van der Waals surface area (Å²) < 4.78 is 0.597. The first-order chi connectivity index (χ1) is 6.27. The Balaban J connectivity index is 2.58. The van der Waals surface area contributed by atoms with Gasteiger partial charge in [-0.25, -0.2) is 0 Å². The normalized spacial score (nSPS) is 10.2. The van der Waals surface area contributed by atoms with Gasteiger partial charge in [0.2, 0.25) is 0 Å². The van der Waals surface area contributed by atoms with E-state index in [1.807, 2.05) is 6.92 Å². The lowest BCUT2D eigenvalue weighted by atomic mass is 10.2. The van der Waals surface area contributed by atoms with Crippen molar-refractivity contribution in [1.82, 2.24) is 19.9 Å². The summed E-state index contributed by atoms with van der Waals surface area (Å²) in [5.41, 5.74) is 2.58. The van der Waals surface area contributed by atoms with E-state index in [4.69, 9.17) is 12.2 Å². The van der Waals surface area contributed by atoms with Crippen molar-refractivity contribution in [3.8, 4) is 11.4 Å². The molecule has 2 heterocycles. The third-order valence-electron chi connectivity index (χ3n) is 1.73. The Hall–Kier alpha value is -1.49. The zero-order valence-corrected chi connectivity index (χ0v) is 7.85. The summed E-state index contributed by atoms with van der Waals surface area (Å²) >= 11 is 4.92. The van der Waals surface area contributed by atoms with Crippen LogP contribution in [0.25, 0.3) is 11.4 Å². The van der Waals surface area contributed by atoms with Crippen LogP contribution in [0.4, 0.5) is 0 Å².